The van der Waals surface area contributed by atoms with E-state index in [4.69, 9.17) is 21.1 Å². The van der Waals surface area contributed by atoms with Gasteiger partial charge in [0.25, 0.3) is 0 Å². The number of unbranched alkanes of at least 4 members (excludes halogenated alkanes) is 1. The Kier molecular flexibility index (Phi) is 9.90. The van der Waals surface area contributed by atoms with E-state index in [0.717, 1.165) is 0 Å². The van der Waals surface area contributed by atoms with Gasteiger partial charge in [0, 0.05) is 6.61 Å². The molecule has 0 rings (SSSR count). The predicted molar refractivity (Wildman–Crippen MR) is 73.7 cm³/mol. The van der Waals surface area contributed by atoms with Crippen molar-refractivity contribution in [2.24, 2.45) is 5.73 Å². The summed E-state index contributed by atoms with van der Waals surface area (Å²) in [5.41, 5.74) is 5.30. The number of hydrogen-bond acceptors (Lipinski definition) is 5. The third-order valence-electron chi connectivity index (χ3n) is 2.80. The normalized spacial score (nSPS) is 13.2. The molecule has 0 aromatic carbocycles. The number of hydrogen-bond donors (Lipinski definition) is 6. The average Bonchev–Trinajstić information content (AvgIpc) is 2.42. The molecule has 122 valence electrons. The largest absolute Gasteiger partial charge is 0.480 e. The molecule has 0 saturated carbocycles. The zero-order chi connectivity index (χ0) is 16.3. The van der Waals surface area contributed by atoms with Crippen LogP contribution in [0.1, 0.15) is 32.1 Å². The maximum atomic E-state index is 11.6. The van der Waals surface area contributed by atoms with Gasteiger partial charge in [-0.2, -0.15) is 0 Å². The molecule has 0 fully saturated rings. The van der Waals surface area contributed by atoms with E-state index < -0.39 is 30.1 Å². The molecule has 0 saturated heterocycles. The lowest BCUT2D eigenvalue weighted by Gasteiger charge is -2.18. The minimum Gasteiger partial charge on any atom is -0.480 e. The summed E-state index contributed by atoms with van der Waals surface area (Å²) in [6, 6.07) is -3.13. The number of rotatable bonds is 11. The molecule has 0 radical (unpaired) electrons. The molecule has 0 spiro atoms. The molecular formula is C12H23N3O6. The van der Waals surface area contributed by atoms with E-state index in [1.54, 1.807) is 0 Å². The van der Waals surface area contributed by atoms with Crippen LogP contribution in [-0.4, -0.2) is 58.5 Å². The van der Waals surface area contributed by atoms with Gasteiger partial charge in [0.05, 0.1) is 0 Å². The van der Waals surface area contributed by atoms with Gasteiger partial charge in [0.2, 0.25) is 0 Å². The van der Waals surface area contributed by atoms with Gasteiger partial charge in [-0.3, -0.25) is 0 Å². The summed E-state index contributed by atoms with van der Waals surface area (Å²) in [6.07, 6.45) is 1.68. The van der Waals surface area contributed by atoms with Crippen molar-refractivity contribution in [2.75, 3.05) is 13.2 Å². The van der Waals surface area contributed by atoms with Gasteiger partial charge in [-0.15, -0.1) is 0 Å². The summed E-state index contributed by atoms with van der Waals surface area (Å²) in [6.45, 7) is 0.241. The second-order valence-corrected chi connectivity index (χ2v) is 4.55. The number of urea groups is 1. The number of carbonyl (C=O) groups is 3. The molecule has 7 N–H and O–H groups in total. The SMILES string of the molecule is NCCCCC(NC(=O)NC(CCCO)C(=O)O)C(=O)O. The van der Waals surface area contributed by atoms with Crippen LogP contribution < -0.4 is 16.4 Å². The van der Waals surface area contributed by atoms with Gasteiger partial charge in [-0.25, -0.2) is 14.4 Å². The number of aliphatic carboxylic acids is 2. The molecule has 21 heavy (non-hydrogen) atoms. The molecule has 2 unspecified atom stereocenters. The smallest absolute Gasteiger partial charge is 0.326 e. The van der Waals surface area contributed by atoms with Crippen molar-refractivity contribution in [1.82, 2.24) is 10.6 Å². The molecule has 0 aromatic rings. The topological polar surface area (TPSA) is 162 Å². The quantitative estimate of drug-likeness (QED) is 0.269. The second-order valence-electron chi connectivity index (χ2n) is 4.55. The molecule has 0 aromatic heterocycles. The van der Waals surface area contributed by atoms with Crippen molar-refractivity contribution in [3.8, 4) is 0 Å². The van der Waals surface area contributed by atoms with Crippen molar-refractivity contribution in [1.29, 1.82) is 0 Å². The van der Waals surface area contributed by atoms with E-state index in [0.29, 0.717) is 19.4 Å². The minimum absolute atomic E-state index is 0.0597. The van der Waals surface area contributed by atoms with E-state index in [9.17, 15) is 14.4 Å². The third kappa shape index (κ3) is 8.82. The highest BCUT2D eigenvalue weighted by Crippen LogP contribution is 2.02. The number of aliphatic hydroxyl groups excluding tert-OH is 1. The van der Waals surface area contributed by atoms with Crippen molar-refractivity contribution in [3.63, 3.8) is 0 Å². The number of carboxylic acids is 2. The summed E-state index contributed by atoms with van der Waals surface area (Å²) in [5, 5.41) is 31.0. The van der Waals surface area contributed by atoms with Crippen molar-refractivity contribution in [2.45, 2.75) is 44.2 Å². The van der Waals surface area contributed by atoms with Gasteiger partial charge in [-0.1, -0.05) is 0 Å². The molecule has 2 atom stereocenters. The summed E-state index contributed by atoms with van der Waals surface area (Å²) in [5.74, 6) is -2.43. The van der Waals surface area contributed by atoms with Crippen LogP contribution in [0.5, 0.6) is 0 Å². The molecule has 0 aliphatic rings. The highest BCUT2D eigenvalue weighted by atomic mass is 16.4. The van der Waals surface area contributed by atoms with Gasteiger partial charge in [-0.05, 0) is 38.6 Å². The van der Waals surface area contributed by atoms with Gasteiger partial charge in [0.1, 0.15) is 12.1 Å². The van der Waals surface area contributed by atoms with Gasteiger partial charge < -0.3 is 31.7 Å². The highest BCUT2D eigenvalue weighted by Gasteiger charge is 2.23. The first-order valence-corrected chi connectivity index (χ1v) is 6.76. The number of aliphatic hydroxyl groups is 1. The predicted octanol–water partition coefficient (Wildman–Crippen LogP) is -0.906. The van der Waals surface area contributed by atoms with Crippen molar-refractivity contribution >= 4 is 18.0 Å². The number of carbonyl (C=O) groups excluding carboxylic acids is 1. The van der Waals surface area contributed by atoms with E-state index in [2.05, 4.69) is 10.6 Å². The number of carboxylic acid groups (broad SMARTS) is 2. The Morgan fingerprint density at radius 1 is 0.905 bits per heavy atom. The Balaban J connectivity index is 4.38. The first-order valence-electron chi connectivity index (χ1n) is 6.76. The molecule has 0 aliphatic heterocycles. The monoisotopic (exact) mass is 305 g/mol. The number of amides is 2. The minimum atomic E-state index is -1.24. The summed E-state index contributed by atoms with van der Waals surface area (Å²) < 4.78 is 0. The Bertz CT molecular complexity index is 350. The molecule has 2 amide bonds. The lowest BCUT2D eigenvalue weighted by molar-refractivity contribution is -0.139. The lowest BCUT2D eigenvalue weighted by Crippen LogP contribution is -2.51. The number of nitrogens with two attached hydrogens (primary N) is 1. The van der Waals surface area contributed by atoms with E-state index in [-0.39, 0.29) is 25.9 Å². The van der Waals surface area contributed by atoms with Crippen LogP contribution in [0.15, 0.2) is 0 Å². The van der Waals surface area contributed by atoms with Gasteiger partial charge >= 0.3 is 18.0 Å². The van der Waals surface area contributed by atoms with E-state index in [1.165, 1.54) is 0 Å². The summed E-state index contributed by atoms with van der Waals surface area (Å²) in [4.78, 5) is 33.5. The maximum absolute atomic E-state index is 11.6. The number of nitrogens with one attached hydrogen (secondary N) is 2. The molecule has 0 aliphatic carbocycles. The first-order chi connectivity index (χ1) is 9.92. The molecule has 0 heterocycles. The van der Waals surface area contributed by atoms with Crippen LogP contribution in [0.25, 0.3) is 0 Å². The van der Waals surface area contributed by atoms with Crippen LogP contribution in [0.3, 0.4) is 0 Å². The fourth-order valence-electron chi connectivity index (χ4n) is 1.66. The Morgan fingerprint density at radius 2 is 1.38 bits per heavy atom. The molecular weight excluding hydrogens is 282 g/mol. The summed E-state index contributed by atoms with van der Waals surface area (Å²) >= 11 is 0. The van der Waals surface area contributed by atoms with Crippen LogP contribution >= 0.6 is 0 Å². The fourth-order valence-corrected chi connectivity index (χ4v) is 1.66. The summed E-state index contributed by atoms with van der Waals surface area (Å²) in [7, 11) is 0. The maximum Gasteiger partial charge on any atom is 0.326 e. The molecule has 9 nitrogen and oxygen atoms in total. The van der Waals surface area contributed by atoms with Crippen LogP contribution in [0.2, 0.25) is 0 Å². The zero-order valence-corrected chi connectivity index (χ0v) is 11.7. The Morgan fingerprint density at radius 3 is 1.76 bits per heavy atom. The van der Waals surface area contributed by atoms with E-state index >= 15 is 0 Å². The van der Waals surface area contributed by atoms with Crippen LogP contribution in [0.4, 0.5) is 4.79 Å². The molecule has 0 bridgehead atoms. The van der Waals surface area contributed by atoms with Crippen LogP contribution in [0, 0.1) is 0 Å². The Hall–Kier alpha value is -1.87. The zero-order valence-electron chi connectivity index (χ0n) is 11.7. The van der Waals surface area contributed by atoms with Crippen LogP contribution in [-0.2, 0) is 9.59 Å². The first kappa shape index (κ1) is 19.1. The lowest BCUT2D eigenvalue weighted by atomic mass is 10.1. The average molecular weight is 305 g/mol. The highest BCUT2D eigenvalue weighted by molar-refractivity contribution is 5.85. The van der Waals surface area contributed by atoms with E-state index in [1.807, 2.05) is 0 Å². The fraction of sp³-hybridized carbons (Fsp3) is 0.750. The third-order valence-corrected chi connectivity index (χ3v) is 2.80. The van der Waals surface area contributed by atoms with Gasteiger partial charge in [0.15, 0.2) is 0 Å². The second kappa shape index (κ2) is 10.9. The standard InChI is InChI=1S/C12H23N3O6/c13-6-2-1-4-8(10(17)18)14-12(21)15-9(11(19)20)5-3-7-16/h8-9,16H,1-7,13H2,(H,17,18)(H,19,20)(H2,14,15,21). The van der Waals surface area contributed by atoms with Crippen molar-refractivity contribution < 1.29 is 29.7 Å². The Labute approximate surface area is 122 Å². The molecule has 9 heteroatoms. The van der Waals surface area contributed by atoms with Crippen molar-refractivity contribution in [3.05, 3.63) is 0 Å².